The first kappa shape index (κ1) is 15.5. The summed E-state index contributed by atoms with van der Waals surface area (Å²) in [7, 11) is 0. The number of phenols is 1. The van der Waals surface area contributed by atoms with Gasteiger partial charge in [-0.05, 0) is 36.2 Å². The van der Waals surface area contributed by atoms with Crippen LogP contribution in [-0.4, -0.2) is 35.1 Å². The zero-order chi connectivity index (χ0) is 17.2. The molecular formula is C16H15N7OS. The Kier molecular flexibility index (Phi) is 3.98. The molecule has 0 radical (unpaired) electrons. The highest BCUT2D eigenvalue weighted by Gasteiger charge is 2.10. The highest BCUT2D eigenvalue weighted by molar-refractivity contribution is 7.15. The summed E-state index contributed by atoms with van der Waals surface area (Å²) in [6.45, 7) is 2.04. The Balaban J connectivity index is 1.61. The van der Waals surface area contributed by atoms with Gasteiger partial charge in [0.1, 0.15) is 10.8 Å². The van der Waals surface area contributed by atoms with Crippen molar-refractivity contribution in [2.45, 2.75) is 19.8 Å². The number of benzene rings is 1. The fourth-order valence-electron chi connectivity index (χ4n) is 2.36. The number of nitrogens with zero attached hydrogens (tertiary/aromatic N) is 6. The topological polar surface area (TPSA) is 101 Å². The Morgan fingerprint density at radius 1 is 1.04 bits per heavy atom. The van der Waals surface area contributed by atoms with Gasteiger partial charge in [-0.2, -0.15) is 4.52 Å². The monoisotopic (exact) mass is 353 g/mol. The standard InChI is InChI=1S/C16H15N7OS/c1-2-15-20-21-16(25-15)17-12-7-8-13-18-19-14(23(13)22-12)9-10-3-5-11(24)6-4-10/h3-8,24H,2,9H2,1H3,(H,17,21,22). The van der Waals surface area contributed by atoms with Crippen LogP contribution in [-0.2, 0) is 12.8 Å². The van der Waals surface area contributed by atoms with Crippen LogP contribution in [0.2, 0.25) is 0 Å². The smallest absolute Gasteiger partial charge is 0.211 e. The Hall–Kier alpha value is -3.07. The van der Waals surface area contributed by atoms with Crippen LogP contribution in [0.5, 0.6) is 5.75 Å². The van der Waals surface area contributed by atoms with Crippen LogP contribution >= 0.6 is 11.3 Å². The molecule has 0 bridgehead atoms. The van der Waals surface area contributed by atoms with Gasteiger partial charge in [0.2, 0.25) is 5.13 Å². The molecule has 0 amide bonds. The van der Waals surface area contributed by atoms with Crippen molar-refractivity contribution in [3.05, 3.63) is 52.8 Å². The van der Waals surface area contributed by atoms with Crippen molar-refractivity contribution >= 4 is 27.9 Å². The third-order valence-corrected chi connectivity index (χ3v) is 4.61. The van der Waals surface area contributed by atoms with Gasteiger partial charge in [0.15, 0.2) is 17.3 Å². The first-order valence-corrected chi connectivity index (χ1v) is 8.61. The van der Waals surface area contributed by atoms with E-state index >= 15 is 0 Å². The number of rotatable bonds is 5. The number of hydrogen-bond acceptors (Lipinski definition) is 8. The lowest BCUT2D eigenvalue weighted by atomic mass is 10.1. The zero-order valence-electron chi connectivity index (χ0n) is 13.4. The predicted molar refractivity (Wildman–Crippen MR) is 94.3 cm³/mol. The molecule has 0 unspecified atom stereocenters. The van der Waals surface area contributed by atoms with E-state index in [0.29, 0.717) is 23.0 Å². The molecule has 3 aromatic heterocycles. The van der Waals surface area contributed by atoms with Crippen molar-refractivity contribution in [3.8, 4) is 5.75 Å². The molecular weight excluding hydrogens is 338 g/mol. The molecule has 0 atom stereocenters. The molecule has 126 valence electrons. The molecule has 0 fully saturated rings. The summed E-state index contributed by atoms with van der Waals surface area (Å²) in [6, 6.07) is 10.7. The molecule has 0 aliphatic rings. The maximum absolute atomic E-state index is 9.39. The minimum atomic E-state index is 0.239. The first-order chi connectivity index (χ1) is 12.2. The van der Waals surface area contributed by atoms with E-state index in [9.17, 15) is 5.11 Å². The molecule has 0 saturated carbocycles. The Morgan fingerprint density at radius 3 is 2.64 bits per heavy atom. The molecule has 25 heavy (non-hydrogen) atoms. The van der Waals surface area contributed by atoms with Crippen LogP contribution in [0.3, 0.4) is 0 Å². The Labute approximate surface area is 147 Å². The summed E-state index contributed by atoms with van der Waals surface area (Å²) in [4.78, 5) is 0. The van der Waals surface area contributed by atoms with Gasteiger partial charge in [-0.3, -0.25) is 0 Å². The van der Waals surface area contributed by atoms with E-state index in [1.165, 1.54) is 11.3 Å². The third-order valence-electron chi connectivity index (χ3n) is 3.63. The van der Waals surface area contributed by atoms with E-state index in [4.69, 9.17) is 0 Å². The zero-order valence-corrected chi connectivity index (χ0v) is 14.2. The summed E-state index contributed by atoms with van der Waals surface area (Å²) >= 11 is 1.51. The average molecular weight is 353 g/mol. The lowest BCUT2D eigenvalue weighted by molar-refractivity contribution is 0.475. The first-order valence-electron chi connectivity index (χ1n) is 7.80. The summed E-state index contributed by atoms with van der Waals surface area (Å²) in [5.41, 5.74) is 1.69. The van der Waals surface area contributed by atoms with Gasteiger partial charge in [-0.25, -0.2) is 0 Å². The summed E-state index contributed by atoms with van der Waals surface area (Å²) in [5, 5.41) is 35.3. The number of aryl methyl sites for hydroxylation is 1. The van der Waals surface area contributed by atoms with E-state index in [2.05, 4.69) is 30.8 Å². The quantitative estimate of drug-likeness (QED) is 0.568. The second kappa shape index (κ2) is 6.44. The van der Waals surface area contributed by atoms with Crippen LogP contribution in [0.1, 0.15) is 23.3 Å². The maximum Gasteiger partial charge on any atom is 0.211 e. The highest BCUT2D eigenvalue weighted by Crippen LogP contribution is 2.20. The Morgan fingerprint density at radius 2 is 1.88 bits per heavy atom. The lowest BCUT2D eigenvalue weighted by Gasteiger charge is -2.03. The molecule has 4 rings (SSSR count). The Bertz CT molecular complexity index is 1010. The van der Waals surface area contributed by atoms with E-state index in [0.717, 1.165) is 22.8 Å². The minimum Gasteiger partial charge on any atom is -0.508 e. The van der Waals surface area contributed by atoms with Gasteiger partial charge in [-0.15, -0.1) is 25.5 Å². The van der Waals surface area contributed by atoms with E-state index < -0.39 is 0 Å². The lowest BCUT2D eigenvalue weighted by Crippen LogP contribution is -2.03. The van der Waals surface area contributed by atoms with Crippen molar-refractivity contribution in [1.29, 1.82) is 0 Å². The fourth-order valence-corrected chi connectivity index (χ4v) is 3.05. The van der Waals surface area contributed by atoms with Crippen molar-refractivity contribution in [1.82, 2.24) is 30.0 Å². The number of aromatic hydroxyl groups is 1. The summed E-state index contributed by atoms with van der Waals surface area (Å²) in [5.74, 6) is 1.61. The number of aromatic nitrogens is 6. The van der Waals surface area contributed by atoms with Gasteiger partial charge >= 0.3 is 0 Å². The molecule has 8 nitrogen and oxygen atoms in total. The van der Waals surface area contributed by atoms with Crippen molar-refractivity contribution in [2.24, 2.45) is 0 Å². The van der Waals surface area contributed by atoms with E-state index in [-0.39, 0.29) is 5.75 Å². The van der Waals surface area contributed by atoms with Crippen LogP contribution in [0, 0.1) is 0 Å². The molecule has 9 heteroatoms. The van der Waals surface area contributed by atoms with Crippen LogP contribution in [0.4, 0.5) is 10.9 Å². The molecule has 0 spiro atoms. The summed E-state index contributed by atoms with van der Waals surface area (Å²) < 4.78 is 1.71. The predicted octanol–water partition coefficient (Wildman–Crippen LogP) is 2.58. The molecule has 0 aliphatic heterocycles. The van der Waals surface area contributed by atoms with Crippen molar-refractivity contribution in [2.75, 3.05) is 5.32 Å². The van der Waals surface area contributed by atoms with Gasteiger partial charge in [0.25, 0.3) is 0 Å². The van der Waals surface area contributed by atoms with Gasteiger partial charge < -0.3 is 10.4 Å². The van der Waals surface area contributed by atoms with Gasteiger partial charge in [-0.1, -0.05) is 30.4 Å². The maximum atomic E-state index is 9.39. The number of fused-ring (bicyclic) bond motifs is 1. The van der Waals surface area contributed by atoms with Crippen LogP contribution < -0.4 is 5.32 Å². The number of nitrogens with one attached hydrogen (secondary N) is 1. The third kappa shape index (κ3) is 3.26. The number of phenolic OH excluding ortho intramolecular Hbond substituents is 1. The van der Waals surface area contributed by atoms with Crippen LogP contribution in [0.15, 0.2) is 36.4 Å². The number of anilines is 2. The SMILES string of the molecule is CCc1nnc(Nc2ccc3nnc(Cc4ccc(O)cc4)n3n2)s1. The van der Waals surface area contributed by atoms with Crippen LogP contribution in [0.25, 0.3) is 5.65 Å². The van der Waals surface area contributed by atoms with Crippen molar-refractivity contribution < 1.29 is 5.11 Å². The molecule has 3 heterocycles. The van der Waals surface area contributed by atoms with Gasteiger partial charge in [0, 0.05) is 6.42 Å². The van der Waals surface area contributed by atoms with Crippen molar-refractivity contribution in [3.63, 3.8) is 0 Å². The minimum absolute atomic E-state index is 0.239. The highest BCUT2D eigenvalue weighted by atomic mass is 32.1. The van der Waals surface area contributed by atoms with Gasteiger partial charge in [0.05, 0.1) is 0 Å². The summed E-state index contributed by atoms with van der Waals surface area (Å²) in [6.07, 6.45) is 1.42. The molecule has 1 aromatic carbocycles. The largest absolute Gasteiger partial charge is 0.508 e. The second-order valence-electron chi connectivity index (χ2n) is 5.43. The molecule has 0 aliphatic carbocycles. The second-order valence-corrected chi connectivity index (χ2v) is 6.49. The molecule has 4 aromatic rings. The normalized spacial score (nSPS) is 11.1. The molecule has 2 N–H and O–H groups in total. The number of hydrogen-bond donors (Lipinski definition) is 2. The molecule has 0 saturated heterocycles. The fraction of sp³-hybridized carbons (Fsp3) is 0.188. The average Bonchev–Trinajstić information content (AvgIpc) is 3.24. The van der Waals surface area contributed by atoms with E-state index in [1.807, 2.05) is 31.2 Å². The van der Waals surface area contributed by atoms with E-state index in [1.54, 1.807) is 16.6 Å².